The van der Waals surface area contributed by atoms with Crippen LogP contribution in [-0.2, 0) is 50.3 Å². The summed E-state index contributed by atoms with van der Waals surface area (Å²) < 4.78 is 86.2. The van der Waals surface area contributed by atoms with Crippen LogP contribution in [0, 0.1) is 6.92 Å². The highest BCUT2D eigenvalue weighted by atomic mass is 31.2. The molecule has 51 heavy (non-hydrogen) atoms. The average Bonchev–Trinajstić information content (AvgIpc) is 3.62. The number of hydrogen-bond acceptors (Lipinski definition) is 18. The zero-order valence-corrected chi connectivity index (χ0v) is 31.6. The molecule has 2 aromatic rings. The van der Waals surface area contributed by atoms with Crippen molar-refractivity contribution in [1.82, 2.24) is 19.1 Å². The summed E-state index contributed by atoms with van der Waals surface area (Å²) in [6.07, 6.45) is -3.82. The summed E-state index contributed by atoms with van der Waals surface area (Å²) >= 11 is 0. The van der Waals surface area contributed by atoms with E-state index in [4.69, 9.17) is 48.1 Å². The normalized spacial score (nSPS) is 28.5. The lowest BCUT2D eigenvalue weighted by molar-refractivity contribution is -0.0440. The third kappa shape index (κ3) is 11.1. The number of nitrogens with one attached hydrogen (secondary N) is 1. The summed E-state index contributed by atoms with van der Waals surface area (Å²) in [4.78, 5) is 42.4. The van der Waals surface area contributed by atoms with Crippen LogP contribution in [-0.4, -0.2) is 108 Å². The highest BCUT2D eigenvalue weighted by molar-refractivity contribution is 7.53. The smallest absolute Gasteiger partial charge is 0.351 e. The first kappa shape index (κ1) is 41.4. The summed E-state index contributed by atoms with van der Waals surface area (Å²) in [5.41, 5.74) is 10.0. The molecule has 0 amide bonds. The third-order valence-corrected chi connectivity index (χ3v) is 12.0. The van der Waals surface area contributed by atoms with Crippen LogP contribution in [0.15, 0.2) is 32.8 Å². The largest absolute Gasteiger partial charge is 0.394 e. The van der Waals surface area contributed by atoms with Gasteiger partial charge in [-0.15, -0.1) is 0 Å². The summed E-state index contributed by atoms with van der Waals surface area (Å²) in [5.74, 6) is 0.0253. The van der Waals surface area contributed by atoms with E-state index in [1.54, 1.807) is 0 Å². The van der Waals surface area contributed by atoms with Crippen molar-refractivity contribution in [2.75, 3.05) is 52.7 Å². The number of anilines is 1. The standard InChI is InChI=1S/C27H45N6O15P3/c1-15-11-33(27(37)31-25(15)35)24-10-19(47-49(4,38)41-3)21(45-24)14-43-50(5,39)46-16(2)17(28)13-42-51(6,40)48-18-9-23(44-20(18)12-34)32-8-7-22(29)30-26(32)36/h7-8,11,16-21,23-24,34H,9-10,12-14,28H2,1-6H3,(H2,29,30,36)(H,31,35,37). The number of aliphatic hydroxyl groups excluding tert-OH is 1. The van der Waals surface area contributed by atoms with E-state index in [2.05, 4.69) is 9.97 Å². The molecule has 288 valence electrons. The second-order valence-electron chi connectivity index (χ2n) is 12.3. The molecule has 0 radical (unpaired) electrons. The lowest BCUT2D eigenvalue weighted by Crippen LogP contribution is -2.38. The number of nitrogens with zero attached hydrogens (tertiary/aromatic N) is 3. The van der Waals surface area contributed by atoms with Gasteiger partial charge in [-0.05, 0) is 19.9 Å². The SMILES string of the molecule is COP(C)(=O)OC1CC(n2cc(C)c(=O)[nH]c2=O)OC1COP(C)(=O)OC(C)C(N)COP(C)(=O)OC1CC(n2ccc(N)nc2=O)OC1CO. The first-order valence-electron chi connectivity index (χ1n) is 15.7. The predicted molar refractivity (Wildman–Crippen MR) is 181 cm³/mol. The van der Waals surface area contributed by atoms with Gasteiger partial charge in [0.2, 0.25) is 0 Å². The van der Waals surface area contributed by atoms with Crippen LogP contribution in [0.25, 0.3) is 0 Å². The van der Waals surface area contributed by atoms with Crippen molar-refractivity contribution < 1.29 is 55.4 Å². The molecule has 21 nitrogen and oxygen atoms in total. The molecule has 0 bridgehead atoms. The Labute approximate surface area is 292 Å². The van der Waals surface area contributed by atoms with E-state index in [0.29, 0.717) is 0 Å². The number of aliphatic hydroxyl groups is 1. The Bertz CT molecular complexity index is 1850. The summed E-state index contributed by atoms with van der Waals surface area (Å²) in [6.45, 7) is 5.40. The first-order chi connectivity index (χ1) is 23.7. The first-order valence-corrected chi connectivity index (χ1v) is 21.7. The second kappa shape index (κ2) is 16.8. The summed E-state index contributed by atoms with van der Waals surface area (Å²) in [6, 6.07) is 0.425. The Kier molecular flexibility index (Phi) is 13.6. The molecule has 0 saturated carbocycles. The van der Waals surface area contributed by atoms with Crippen molar-refractivity contribution in [3.63, 3.8) is 0 Å². The van der Waals surface area contributed by atoms with E-state index in [-0.39, 0.29) is 37.4 Å². The maximum Gasteiger partial charge on any atom is 0.351 e. The maximum atomic E-state index is 13.3. The van der Waals surface area contributed by atoms with Crippen molar-refractivity contribution in [2.45, 2.75) is 75.7 Å². The fraction of sp³-hybridized carbons (Fsp3) is 0.704. The molecule has 2 aliphatic heterocycles. The number of nitrogens with two attached hydrogens (primary N) is 2. The molecule has 2 aliphatic rings. The molecule has 2 aromatic heterocycles. The zero-order chi connectivity index (χ0) is 37.9. The van der Waals surface area contributed by atoms with Gasteiger partial charge < -0.3 is 53.2 Å². The van der Waals surface area contributed by atoms with E-state index in [9.17, 15) is 33.2 Å². The van der Waals surface area contributed by atoms with Crippen LogP contribution in [0.2, 0.25) is 0 Å². The number of rotatable bonds is 17. The molecule has 0 aliphatic carbocycles. The minimum atomic E-state index is -3.87. The maximum absolute atomic E-state index is 13.3. The van der Waals surface area contributed by atoms with E-state index in [0.717, 1.165) is 4.57 Å². The number of H-pyrrole nitrogens is 1. The molecular weight excluding hydrogens is 741 g/mol. The lowest BCUT2D eigenvalue weighted by atomic mass is 10.2. The van der Waals surface area contributed by atoms with Gasteiger partial charge in [-0.2, -0.15) is 4.98 Å². The van der Waals surface area contributed by atoms with Crippen molar-refractivity contribution in [3.8, 4) is 0 Å². The van der Waals surface area contributed by atoms with Gasteiger partial charge in [-0.3, -0.25) is 32.6 Å². The number of aromatic amines is 1. The number of nitrogen functional groups attached to an aromatic ring is 1. The van der Waals surface area contributed by atoms with Gasteiger partial charge in [-0.25, -0.2) is 9.59 Å². The van der Waals surface area contributed by atoms with Crippen molar-refractivity contribution in [1.29, 1.82) is 0 Å². The van der Waals surface area contributed by atoms with Crippen LogP contribution in [0.3, 0.4) is 0 Å². The molecule has 4 heterocycles. The highest BCUT2D eigenvalue weighted by Crippen LogP contribution is 2.51. The predicted octanol–water partition coefficient (Wildman–Crippen LogP) is 0.903. The Balaban J connectivity index is 1.32. The van der Waals surface area contributed by atoms with Crippen molar-refractivity contribution in [2.24, 2.45) is 5.73 Å². The quantitative estimate of drug-likeness (QED) is 0.162. The molecular formula is C27H45N6O15P3. The van der Waals surface area contributed by atoms with Gasteiger partial charge in [0.1, 0.15) is 30.5 Å². The van der Waals surface area contributed by atoms with Crippen LogP contribution in [0.5, 0.6) is 0 Å². The number of aryl methyl sites for hydroxylation is 1. The molecule has 24 heteroatoms. The summed E-state index contributed by atoms with van der Waals surface area (Å²) in [7, 11) is -10.0. The zero-order valence-electron chi connectivity index (χ0n) is 28.9. The molecule has 0 aromatic carbocycles. The van der Waals surface area contributed by atoms with Gasteiger partial charge in [0.15, 0.2) is 0 Å². The van der Waals surface area contributed by atoms with Gasteiger partial charge in [0.25, 0.3) is 5.56 Å². The molecule has 11 atom stereocenters. The Morgan fingerprint density at radius 2 is 1.61 bits per heavy atom. The van der Waals surface area contributed by atoms with Crippen LogP contribution < -0.4 is 28.4 Å². The van der Waals surface area contributed by atoms with E-state index in [1.807, 2.05) is 0 Å². The number of aromatic nitrogens is 4. The van der Waals surface area contributed by atoms with Gasteiger partial charge in [0.05, 0.1) is 44.2 Å². The van der Waals surface area contributed by atoms with Crippen LogP contribution in [0.1, 0.15) is 37.8 Å². The Hall–Kier alpha value is -2.35. The third-order valence-electron chi connectivity index (χ3n) is 8.08. The van der Waals surface area contributed by atoms with Crippen molar-refractivity contribution >= 4 is 28.6 Å². The minimum Gasteiger partial charge on any atom is -0.394 e. The van der Waals surface area contributed by atoms with E-state index >= 15 is 0 Å². The fourth-order valence-corrected chi connectivity index (χ4v) is 8.52. The molecule has 2 saturated heterocycles. The molecule has 2 fully saturated rings. The van der Waals surface area contributed by atoms with E-state index in [1.165, 1.54) is 64.0 Å². The number of ether oxygens (including phenoxy) is 2. The monoisotopic (exact) mass is 786 g/mol. The van der Waals surface area contributed by atoms with Gasteiger partial charge in [-0.1, -0.05) is 0 Å². The lowest BCUT2D eigenvalue weighted by Gasteiger charge is -2.27. The average molecular weight is 787 g/mol. The van der Waals surface area contributed by atoms with Crippen molar-refractivity contribution in [3.05, 3.63) is 55.3 Å². The summed E-state index contributed by atoms with van der Waals surface area (Å²) in [5, 5.41) is 9.80. The van der Waals surface area contributed by atoms with E-state index < -0.39 is 95.4 Å². The Morgan fingerprint density at radius 1 is 1.00 bits per heavy atom. The fourth-order valence-electron chi connectivity index (χ4n) is 5.27. The van der Waals surface area contributed by atoms with Gasteiger partial charge in [0, 0.05) is 57.9 Å². The van der Waals surface area contributed by atoms with Crippen LogP contribution >= 0.6 is 22.8 Å². The van der Waals surface area contributed by atoms with Gasteiger partial charge >= 0.3 is 34.2 Å². The molecule has 0 spiro atoms. The Morgan fingerprint density at radius 3 is 2.24 bits per heavy atom. The minimum absolute atomic E-state index is 0.0109. The number of hydrogen-bond donors (Lipinski definition) is 4. The van der Waals surface area contributed by atoms with Crippen LogP contribution in [0.4, 0.5) is 5.82 Å². The molecule has 6 N–H and O–H groups in total. The molecule has 11 unspecified atom stereocenters. The second-order valence-corrected chi connectivity index (χ2v) is 18.4. The molecule has 4 rings (SSSR count). The highest BCUT2D eigenvalue weighted by Gasteiger charge is 2.43. The topological polar surface area (TPSA) is 287 Å².